The third kappa shape index (κ3) is 2.34. The molecule has 3 atom stereocenters. The number of nitrogens with one attached hydrogen (secondary N) is 1. The zero-order valence-corrected chi connectivity index (χ0v) is 12.3. The van der Waals surface area contributed by atoms with E-state index >= 15 is 0 Å². The highest BCUT2D eigenvalue weighted by atomic mass is 16.1. The molecule has 2 heteroatoms. The molecule has 2 rings (SSSR count). The van der Waals surface area contributed by atoms with Crippen LogP contribution in [0.25, 0.3) is 0 Å². The van der Waals surface area contributed by atoms with E-state index in [1.54, 1.807) is 5.57 Å². The minimum atomic E-state index is -0.118. The highest BCUT2D eigenvalue weighted by Crippen LogP contribution is 2.51. The Bertz CT molecular complexity index is 358. The first-order chi connectivity index (χ1) is 8.39. The summed E-state index contributed by atoms with van der Waals surface area (Å²) in [7, 11) is 0. The molecule has 0 aromatic rings. The number of amides is 1. The Morgan fingerprint density at radius 3 is 2.78 bits per heavy atom. The van der Waals surface area contributed by atoms with Crippen molar-refractivity contribution in [2.45, 2.75) is 65.3 Å². The number of hydrogen-bond acceptors (Lipinski definition) is 1. The van der Waals surface area contributed by atoms with Crippen LogP contribution in [-0.2, 0) is 4.79 Å². The van der Waals surface area contributed by atoms with Gasteiger partial charge in [0.25, 0.3) is 0 Å². The second-order valence-corrected chi connectivity index (χ2v) is 7.10. The van der Waals surface area contributed by atoms with Gasteiger partial charge in [-0.2, -0.15) is 0 Å². The number of allylic oxidation sites excluding steroid dienone is 1. The van der Waals surface area contributed by atoms with Crippen LogP contribution in [-0.4, -0.2) is 11.9 Å². The van der Waals surface area contributed by atoms with Crippen molar-refractivity contribution in [1.29, 1.82) is 0 Å². The SMILES string of the molecule is C[C@H]1CCC[C@]2(C)CC[C@H](C(C)(C)NC=O)C=C12. The van der Waals surface area contributed by atoms with E-state index < -0.39 is 0 Å². The quantitative estimate of drug-likeness (QED) is 0.600. The summed E-state index contributed by atoms with van der Waals surface area (Å²) in [5, 5.41) is 2.99. The van der Waals surface area contributed by atoms with Crippen molar-refractivity contribution in [3.8, 4) is 0 Å². The first kappa shape index (κ1) is 13.6. The maximum absolute atomic E-state index is 10.7. The minimum absolute atomic E-state index is 0.118. The number of carbonyl (C=O) groups is 1. The zero-order chi connectivity index (χ0) is 13.4. The molecule has 0 spiro atoms. The number of fused-ring (bicyclic) bond motifs is 1. The van der Waals surface area contributed by atoms with Crippen molar-refractivity contribution < 1.29 is 4.79 Å². The van der Waals surface area contributed by atoms with Gasteiger partial charge < -0.3 is 5.32 Å². The zero-order valence-electron chi connectivity index (χ0n) is 12.3. The molecule has 0 heterocycles. The standard InChI is InChI=1S/C16H27NO/c1-12-6-5-8-16(4)9-7-13(10-14(12)16)15(2,3)17-11-18/h10-13H,5-9H2,1-4H3,(H,17,18)/t12-,13-,16+/m0/s1. The molecular formula is C16H27NO. The first-order valence-corrected chi connectivity index (χ1v) is 7.32. The highest BCUT2D eigenvalue weighted by Gasteiger charge is 2.41. The molecule has 102 valence electrons. The fourth-order valence-electron chi connectivity index (χ4n) is 3.93. The van der Waals surface area contributed by atoms with E-state index in [2.05, 4.69) is 39.1 Å². The van der Waals surface area contributed by atoms with Gasteiger partial charge in [-0.1, -0.05) is 31.9 Å². The highest BCUT2D eigenvalue weighted by molar-refractivity contribution is 5.48. The average Bonchev–Trinajstić information content (AvgIpc) is 2.28. The molecule has 18 heavy (non-hydrogen) atoms. The Kier molecular flexibility index (Phi) is 3.57. The van der Waals surface area contributed by atoms with Gasteiger partial charge in [-0.15, -0.1) is 0 Å². The van der Waals surface area contributed by atoms with Crippen molar-refractivity contribution in [3.05, 3.63) is 11.6 Å². The second-order valence-electron chi connectivity index (χ2n) is 7.10. The molecule has 0 unspecified atom stereocenters. The van der Waals surface area contributed by atoms with Gasteiger partial charge in [0.1, 0.15) is 0 Å². The molecule has 1 fully saturated rings. The van der Waals surface area contributed by atoms with Crippen LogP contribution in [0, 0.1) is 17.3 Å². The van der Waals surface area contributed by atoms with Crippen LogP contribution in [0.4, 0.5) is 0 Å². The summed E-state index contributed by atoms with van der Waals surface area (Å²) in [6, 6.07) is 0. The Balaban J connectivity index is 2.26. The second kappa shape index (κ2) is 4.71. The fourth-order valence-corrected chi connectivity index (χ4v) is 3.93. The summed E-state index contributed by atoms with van der Waals surface area (Å²) in [4.78, 5) is 10.7. The molecule has 2 nitrogen and oxygen atoms in total. The fraction of sp³-hybridized carbons (Fsp3) is 0.812. The summed E-state index contributed by atoms with van der Waals surface area (Å²) in [5.74, 6) is 1.20. The Labute approximate surface area is 111 Å². The van der Waals surface area contributed by atoms with E-state index in [4.69, 9.17) is 0 Å². The van der Waals surface area contributed by atoms with Gasteiger partial charge in [-0.3, -0.25) is 4.79 Å². The van der Waals surface area contributed by atoms with Gasteiger partial charge in [0, 0.05) is 5.54 Å². The number of hydrogen-bond donors (Lipinski definition) is 1. The molecule has 0 radical (unpaired) electrons. The first-order valence-electron chi connectivity index (χ1n) is 7.32. The van der Waals surface area contributed by atoms with Crippen LogP contribution in [0.3, 0.4) is 0 Å². The van der Waals surface area contributed by atoms with Crippen LogP contribution in [0.1, 0.15) is 59.8 Å². The lowest BCUT2D eigenvalue weighted by atomic mass is 9.59. The lowest BCUT2D eigenvalue weighted by Crippen LogP contribution is -2.47. The van der Waals surface area contributed by atoms with Gasteiger partial charge in [0.15, 0.2) is 0 Å². The topological polar surface area (TPSA) is 29.1 Å². The summed E-state index contributed by atoms with van der Waals surface area (Å²) in [6.07, 6.45) is 9.85. The van der Waals surface area contributed by atoms with Crippen molar-refractivity contribution in [3.63, 3.8) is 0 Å². The van der Waals surface area contributed by atoms with E-state index in [0.29, 0.717) is 11.3 Å². The molecule has 1 saturated carbocycles. The van der Waals surface area contributed by atoms with Crippen LogP contribution in [0.2, 0.25) is 0 Å². The smallest absolute Gasteiger partial charge is 0.207 e. The maximum Gasteiger partial charge on any atom is 0.207 e. The predicted octanol–water partition coefficient (Wildman–Crippen LogP) is 3.67. The molecular weight excluding hydrogens is 222 g/mol. The van der Waals surface area contributed by atoms with E-state index in [9.17, 15) is 4.79 Å². The maximum atomic E-state index is 10.7. The van der Waals surface area contributed by atoms with Gasteiger partial charge >= 0.3 is 0 Å². The normalized spacial score (nSPS) is 36.6. The summed E-state index contributed by atoms with van der Waals surface area (Å²) in [5.41, 5.74) is 1.98. The predicted molar refractivity (Wildman–Crippen MR) is 75.2 cm³/mol. The molecule has 0 aliphatic heterocycles. The Hall–Kier alpha value is -0.790. The summed E-state index contributed by atoms with van der Waals surface area (Å²) < 4.78 is 0. The number of carbonyl (C=O) groups excluding carboxylic acids is 1. The van der Waals surface area contributed by atoms with Crippen LogP contribution < -0.4 is 5.32 Å². The van der Waals surface area contributed by atoms with Crippen LogP contribution >= 0.6 is 0 Å². The minimum Gasteiger partial charge on any atom is -0.353 e. The van der Waals surface area contributed by atoms with E-state index in [0.717, 1.165) is 12.3 Å². The summed E-state index contributed by atoms with van der Waals surface area (Å²) in [6.45, 7) is 9.08. The van der Waals surface area contributed by atoms with Gasteiger partial charge in [-0.25, -0.2) is 0 Å². The van der Waals surface area contributed by atoms with Crippen molar-refractivity contribution in [2.24, 2.45) is 17.3 Å². The van der Waals surface area contributed by atoms with Crippen LogP contribution in [0.15, 0.2) is 11.6 Å². The molecule has 0 aromatic carbocycles. The van der Waals surface area contributed by atoms with Gasteiger partial charge in [0.05, 0.1) is 0 Å². The van der Waals surface area contributed by atoms with Crippen molar-refractivity contribution in [2.75, 3.05) is 0 Å². The number of rotatable bonds is 3. The molecule has 2 aliphatic carbocycles. The van der Waals surface area contributed by atoms with Crippen LogP contribution in [0.5, 0.6) is 0 Å². The lowest BCUT2D eigenvalue weighted by Gasteiger charge is -2.47. The van der Waals surface area contributed by atoms with Gasteiger partial charge in [0.2, 0.25) is 6.41 Å². The van der Waals surface area contributed by atoms with E-state index in [1.165, 1.54) is 32.1 Å². The van der Waals surface area contributed by atoms with E-state index in [-0.39, 0.29) is 5.54 Å². The monoisotopic (exact) mass is 249 g/mol. The van der Waals surface area contributed by atoms with E-state index in [1.807, 2.05) is 0 Å². The molecule has 2 aliphatic rings. The molecule has 1 amide bonds. The molecule has 0 aromatic heterocycles. The molecule has 1 N–H and O–H groups in total. The largest absolute Gasteiger partial charge is 0.353 e. The molecule has 0 bridgehead atoms. The Morgan fingerprint density at radius 1 is 1.39 bits per heavy atom. The lowest BCUT2D eigenvalue weighted by molar-refractivity contribution is -0.111. The Morgan fingerprint density at radius 2 is 2.11 bits per heavy atom. The van der Waals surface area contributed by atoms with Gasteiger partial charge in [-0.05, 0) is 56.8 Å². The van der Waals surface area contributed by atoms with Crippen molar-refractivity contribution >= 4 is 6.41 Å². The third-order valence-electron chi connectivity index (χ3n) is 5.34. The third-order valence-corrected chi connectivity index (χ3v) is 5.34. The summed E-state index contributed by atoms with van der Waals surface area (Å²) >= 11 is 0. The average molecular weight is 249 g/mol. The molecule has 0 saturated heterocycles. The van der Waals surface area contributed by atoms with Crippen molar-refractivity contribution in [1.82, 2.24) is 5.32 Å².